The predicted octanol–water partition coefficient (Wildman–Crippen LogP) is 7.73. The van der Waals surface area contributed by atoms with Crippen molar-refractivity contribution in [2.24, 2.45) is 4.99 Å². The van der Waals surface area contributed by atoms with E-state index in [0.29, 0.717) is 57.1 Å². The van der Waals surface area contributed by atoms with E-state index in [1.165, 1.54) is 23.9 Å². The molecule has 0 atom stereocenters. The average Bonchev–Trinajstić information content (AvgIpc) is 3.15. The van der Waals surface area contributed by atoms with Crippen LogP contribution in [-0.4, -0.2) is 29.1 Å². The molecule has 0 aliphatic carbocycles. The summed E-state index contributed by atoms with van der Waals surface area (Å²) in [6, 6.07) is 16.7. The SMILES string of the molecule is CCOc1cc(/C=C2/SC(=Nc3ccc(F)cc3)N(CC)C2=O)ccc1OCc1ccc(Cl)c(Cl)c1. The summed E-state index contributed by atoms with van der Waals surface area (Å²) in [6.07, 6.45) is 1.80. The minimum absolute atomic E-state index is 0.138. The smallest absolute Gasteiger partial charge is 0.266 e. The van der Waals surface area contributed by atoms with Crippen molar-refractivity contribution in [1.29, 1.82) is 0 Å². The molecular formula is C27H23Cl2FN2O3S. The lowest BCUT2D eigenvalue weighted by Gasteiger charge is -2.13. The number of benzene rings is 3. The molecule has 36 heavy (non-hydrogen) atoms. The van der Waals surface area contributed by atoms with Crippen LogP contribution in [0.4, 0.5) is 10.1 Å². The molecule has 1 amide bonds. The van der Waals surface area contributed by atoms with Crippen LogP contribution in [0.3, 0.4) is 0 Å². The van der Waals surface area contributed by atoms with Crippen LogP contribution in [0.2, 0.25) is 10.0 Å². The highest BCUT2D eigenvalue weighted by atomic mass is 35.5. The van der Waals surface area contributed by atoms with Crippen LogP contribution in [0.15, 0.2) is 70.6 Å². The molecule has 1 aliphatic rings. The molecule has 3 aromatic rings. The maximum Gasteiger partial charge on any atom is 0.266 e. The Kier molecular flexibility index (Phi) is 8.56. The van der Waals surface area contributed by atoms with Crippen LogP contribution in [0.25, 0.3) is 6.08 Å². The van der Waals surface area contributed by atoms with Crippen molar-refractivity contribution in [3.05, 3.63) is 92.6 Å². The first-order valence-corrected chi connectivity index (χ1v) is 12.8. The van der Waals surface area contributed by atoms with Gasteiger partial charge in [-0.3, -0.25) is 9.69 Å². The van der Waals surface area contributed by atoms with Crippen LogP contribution < -0.4 is 9.47 Å². The van der Waals surface area contributed by atoms with Crippen LogP contribution in [-0.2, 0) is 11.4 Å². The number of carbonyl (C=O) groups excluding carboxylic acids is 1. The molecule has 1 aliphatic heterocycles. The normalized spacial score (nSPS) is 15.7. The van der Waals surface area contributed by atoms with Crippen molar-refractivity contribution in [1.82, 2.24) is 4.90 Å². The Morgan fingerprint density at radius 3 is 2.44 bits per heavy atom. The van der Waals surface area contributed by atoms with E-state index in [2.05, 4.69) is 4.99 Å². The third kappa shape index (κ3) is 6.22. The number of amides is 1. The third-order valence-corrected chi connectivity index (χ3v) is 6.95. The Balaban J connectivity index is 1.55. The molecule has 0 unspecified atom stereocenters. The number of hydrogen-bond acceptors (Lipinski definition) is 5. The number of amidine groups is 1. The number of hydrogen-bond donors (Lipinski definition) is 0. The number of likely N-dealkylation sites (N-methyl/N-ethyl adjacent to an activating group) is 1. The molecule has 0 saturated carbocycles. The van der Waals surface area contributed by atoms with Gasteiger partial charge in [0, 0.05) is 6.54 Å². The van der Waals surface area contributed by atoms with Crippen LogP contribution in [0, 0.1) is 5.82 Å². The largest absolute Gasteiger partial charge is 0.490 e. The topological polar surface area (TPSA) is 51.1 Å². The number of halogens is 3. The Hall–Kier alpha value is -3.00. The molecule has 1 saturated heterocycles. The first-order valence-electron chi connectivity index (χ1n) is 11.3. The zero-order valence-corrected chi connectivity index (χ0v) is 22.0. The molecule has 5 nitrogen and oxygen atoms in total. The molecule has 4 rings (SSSR count). The molecule has 0 aromatic heterocycles. The first kappa shape index (κ1) is 26.1. The Morgan fingerprint density at radius 1 is 0.972 bits per heavy atom. The number of carbonyl (C=O) groups is 1. The van der Waals surface area contributed by atoms with Gasteiger partial charge in [-0.05, 0) is 91.3 Å². The van der Waals surface area contributed by atoms with Gasteiger partial charge >= 0.3 is 0 Å². The van der Waals surface area contributed by atoms with Gasteiger partial charge in [0.2, 0.25) is 0 Å². The maximum atomic E-state index is 13.2. The monoisotopic (exact) mass is 544 g/mol. The molecule has 186 valence electrons. The highest BCUT2D eigenvalue weighted by Crippen LogP contribution is 2.36. The summed E-state index contributed by atoms with van der Waals surface area (Å²) in [7, 11) is 0. The van der Waals surface area contributed by atoms with E-state index in [1.807, 2.05) is 38.1 Å². The molecule has 9 heteroatoms. The number of rotatable bonds is 8. The quantitative estimate of drug-likeness (QED) is 0.272. The number of nitrogens with zero attached hydrogens (tertiary/aromatic N) is 2. The third-order valence-electron chi connectivity index (χ3n) is 5.20. The van der Waals surface area contributed by atoms with Gasteiger partial charge in [-0.2, -0.15) is 0 Å². The van der Waals surface area contributed by atoms with Gasteiger partial charge in [-0.15, -0.1) is 0 Å². The van der Waals surface area contributed by atoms with Crippen molar-refractivity contribution in [2.75, 3.05) is 13.2 Å². The molecular weight excluding hydrogens is 522 g/mol. The Labute approximate surface area is 223 Å². The van der Waals surface area contributed by atoms with Crippen molar-refractivity contribution in [3.63, 3.8) is 0 Å². The Morgan fingerprint density at radius 2 is 1.75 bits per heavy atom. The first-order chi connectivity index (χ1) is 17.4. The van der Waals surface area contributed by atoms with Gasteiger partial charge in [0.1, 0.15) is 12.4 Å². The minimum atomic E-state index is -0.337. The summed E-state index contributed by atoms with van der Waals surface area (Å²) in [5.74, 6) is 0.664. The minimum Gasteiger partial charge on any atom is -0.490 e. The van der Waals surface area contributed by atoms with Gasteiger partial charge < -0.3 is 9.47 Å². The highest BCUT2D eigenvalue weighted by Gasteiger charge is 2.32. The van der Waals surface area contributed by atoms with Crippen molar-refractivity contribution in [3.8, 4) is 11.5 Å². The summed E-state index contributed by atoms with van der Waals surface area (Å²) >= 11 is 13.4. The summed E-state index contributed by atoms with van der Waals surface area (Å²) in [4.78, 5) is 19.7. The van der Waals surface area contributed by atoms with Gasteiger partial charge in [-0.25, -0.2) is 9.38 Å². The lowest BCUT2D eigenvalue weighted by molar-refractivity contribution is -0.122. The van der Waals surface area contributed by atoms with E-state index < -0.39 is 0 Å². The summed E-state index contributed by atoms with van der Waals surface area (Å²) < 4.78 is 25.0. The molecule has 0 radical (unpaired) electrons. The van der Waals surface area contributed by atoms with Crippen molar-refractivity contribution < 1.29 is 18.7 Å². The second-order valence-electron chi connectivity index (χ2n) is 7.71. The van der Waals surface area contributed by atoms with Crippen LogP contribution >= 0.6 is 35.0 Å². The lowest BCUT2D eigenvalue weighted by atomic mass is 10.1. The second kappa shape index (κ2) is 11.8. The summed E-state index contributed by atoms with van der Waals surface area (Å²) in [5, 5.41) is 1.50. The van der Waals surface area contributed by atoms with Crippen molar-refractivity contribution >= 4 is 57.8 Å². The van der Waals surface area contributed by atoms with E-state index in [-0.39, 0.29) is 11.7 Å². The van der Waals surface area contributed by atoms with Crippen molar-refractivity contribution in [2.45, 2.75) is 20.5 Å². The maximum absolute atomic E-state index is 13.2. The molecule has 1 fully saturated rings. The zero-order valence-electron chi connectivity index (χ0n) is 19.6. The van der Waals surface area contributed by atoms with E-state index >= 15 is 0 Å². The molecule has 1 heterocycles. The second-order valence-corrected chi connectivity index (χ2v) is 9.53. The number of aliphatic imine (C=N–C) groups is 1. The van der Waals surface area contributed by atoms with Crippen LogP contribution in [0.1, 0.15) is 25.0 Å². The van der Waals surface area contributed by atoms with Crippen LogP contribution in [0.5, 0.6) is 11.5 Å². The molecule has 3 aromatic carbocycles. The van der Waals surface area contributed by atoms with Gasteiger partial charge in [0.15, 0.2) is 16.7 Å². The van der Waals surface area contributed by atoms with Gasteiger partial charge in [0.05, 0.1) is 27.2 Å². The van der Waals surface area contributed by atoms with E-state index in [9.17, 15) is 9.18 Å². The zero-order chi connectivity index (χ0) is 25.7. The lowest BCUT2D eigenvalue weighted by Crippen LogP contribution is -2.28. The van der Waals surface area contributed by atoms with Gasteiger partial charge in [0.25, 0.3) is 5.91 Å². The fourth-order valence-electron chi connectivity index (χ4n) is 3.44. The average molecular weight is 545 g/mol. The number of ether oxygens (including phenoxy) is 2. The fourth-order valence-corrected chi connectivity index (χ4v) is 4.82. The fraction of sp³-hybridized carbons (Fsp3) is 0.185. The molecule has 0 bridgehead atoms. The standard InChI is InChI=1S/C27H23Cl2FN2O3S/c1-3-32-26(33)25(36-27(32)31-20-9-7-19(30)8-10-20)15-17-6-12-23(24(14-17)34-4-2)35-16-18-5-11-21(28)22(29)13-18/h5-15H,3-4,16H2,1-2H3/b25-15+,31-27?. The highest BCUT2D eigenvalue weighted by molar-refractivity contribution is 8.18. The Bertz CT molecular complexity index is 1330. The number of thioether (sulfide) groups is 1. The van der Waals surface area contributed by atoms with Gasteiger partial charge in [-0.1, -0.05) is 35.3 Å². The summed E-state index contributed by atoms with van der Waals surface area (Å²) in [5.41, 5.74) is 2.24. The summed E-state index contributed by atoms with van der Waals surface area (Å²) in [6.45, 7) is 4.99. The van der Waals surface area contributed by atoms with E-state index in [1.54, 1.807) is 35.2 Å². The molecule has 0 spiro atoms. The van der Waals surface area contributed by atoms with E-state index in [0.717, 1.165) is 11.1 Å². The van der Waals surface area contributed by atoms with E-state index in [4.69, 9.17) is 32.7 Å². The molecule has 0 N–H and O–H groups in total. The predicted molar refractivity (Wildman–Crippen MR) is 145 cm³/mol.